The van der Waals surface area contributed by atoms with E-state index in [9.17, 15) is 0 Å². The predicted octanol–water partition coefficient (Wildman–Crippen LogP) is 2.87. The molecule has 0 aliphatic carbocycles. The molecule has 3 rings (SSSR count). The Kier molecular flexibility index (Phi) is 5.84. The highest BCUT2D eigenvalue weighted by Gasteiger charge is 2.16. The van der Waals surface area contributed by atoms with Crippen molar-refractivity contribution in [2.75, 3.05) is 52.4 Å². The van der Waals surface area contributed by atoms with E-state index in [0.717, 1.165) is 31.7 Å². The number of hydrogen-bond donors (Lipinski definition) is 0. The summed E-state index contributed by atoms with van der Waals surface area (Å²) in [5.41, 5.74) is 2.07. The molecule has 1 saturated heterocycles. The molecular formula is C20H25N3O3. The van der Waals surface area contributed by atoms with Crippen LogP contribution in [-0.4, -0.2) is 58.7 Å². The van der Waals surface area contributed by atoms with Crippen molar-refractivity contribution in [1.82, 2.24) is 5.01 Å². The summed E-state index contributed by atoms with van der Waals surface area (Å²) in [6, 6.07) is 14.1. The first-order chi connectivity index (χ1) is 12.7. The Labute approximate surface area is 154 Å². The second-order valence-corrected chi connectivity index (χ2v) is 5.97. The maximum atomic E-state index is 5.47. The van der Waals surface area contributed by atoms with Crippen LogP contribution in [0.4, 0.5) is 5.69 Å². The number of nitrogens with zero attached hydrogens (tertiary/aromatic N) is 3. The van der Waals surface area contributed by atoms with E-state index in [4.69, 9.17) is 14.2 Å². The SMILES string of the molecule is COc1cc(OC)c(C=NN2CCN(c3ccccc3)CC2)c(OC)c1. The van der Waals surface area contributed by atoms with Crippen LogP contribution in [0.5, 0.6) is 17.2 Å². The van der Waals surface area contributed by atoms with Gasteiger partial charge >= 0.3 is 0 Å². The number of ether oxygens (including phenoxy) is 3. The average Bonchev–Trinajstić information content (AvgIpc) is 2.72. The molecule has 0 bridgehead atoms. The molecule has 2 aromatic carbocycles. The van der Waals surface area contributed by atoms with Crippen molar-refractivity contribution in [2.45, 2.75) is 0 Å². The molecule has 1 heterocycles. The molecule has 2 aromatic rings. The molecule has 0 radical (unpaired) electrons. The Morgan fingerprint density at radius 2 is 1.46 bits per heavy atom. The van der Waals surface area contributed by atoms with Crippen LogP contribution in [0.1, 0.15) is 5.56 Å². The van der Waals surface area contributed by atoms with Gasteiger partial charge in [-0.3, -0.25) is 5.01 Å². The van der Waals surface area contributed by atoms with Crippen molar-refractivity contribution in [3.8, 4) is 17.2 Å². The number of para-hydroxylation sites is 1. The van der Waals surface area contributed by atoms with Crippen LogP contribution in [0.25, 0.3) is 0 Å². The summed E-state index contributed by atoms with van der Waals surface area (Å²) in [6.45, 7) is 3.62. The number of methoxy groups -OCH3 is 3. The van der Waals surface area contributed by atoms with Crippen molar-refractivity contribution in [3.05, 3.63) is 48.0 Å². The van der Waals surface area contributed by atoms with Crippen LogP contribution in [-0.2, 0) is 0 Å². The molecule has 1 aliphatic heterocycles. The van der Waals surface area contributed by atoms with Crippen molar-refractivity contribution in [1.29, 1.82) is 0 Å². The Morgan fingerprint density at radius 1 is 0.846 bits per heavy atom. The van der Waals surface area contributed by atoms with Crippen LogP contribution in [0.3, 0.4) is 0 Å². The highest BCUT2D eigenvalue weighted by atomic mass is 16.5. The quantitative estimate of drug-likeness (QED) is 0.746. The molecule has 0 unspecified atom stereocenters. The number of rotatable bonds is 6. The van der Waals surface area contributed by atoms with E-state index >= 15 is 0 Å². The molecule has 6 nitrogen and oxygen atoms in total. The van der Waals surface area contributed by atoms with Gasteiger partial charge in [0.25, 0.3) is 0 Å². The monoisotopic (exact) mass is 355 g/mol. The Hall–Kier alpha value is -2.89. The average molecular weight is 355 g/mol. The summed E-state index contributed by atoms with van der Waals surface area (Å²) in [6.07, 6.45) is 1.80. The fraction of sp³-hybridized carbons (Fsp3) is 0.350. The van der Waals surface area contributed by atoms with Crippen LogP contribution in [0, 0.1) is 0 Å². The number of benzene rings is 2. The third-order valence-electron chi connectivity index (χ3n) is 4.48. The molecule has 0 aromatic heterocycles. The maximum Gasteiger partial charge on any atom is 0.135 e. The van der Waals surface area contributed by atoms with Crippen LogP contribution in [0.2, 0.25) is 0 Å². The van der Waals surface area contributed by atoms with Gasteiger partial charge in [0.2, 0.25) is 0 Å². The normalized spacial score (nSPS) is 14.6. The van der Waals surface area contributed by atoms with Crippen molar-refractivity contribution < 1.29 is 14.2 Å². The number of hydrogen-bond acceptors (Lipinski definition) is 6. The minimum atomic E-state index is 0.674. The van der Waals surface area contributed by atoms with Gasteiger partial charge in [-0.05, 0) is 12.1 Å². The lowest BCUT2D eigenvalue weighted by Gasteiger charge is -2.34. The van der Waals surface area contributed by atoms with Gasteiger partial charge in [0.05, 0.1) is 46.2 Å². The van der Waals surface area contributed by atoms with E-state index in [1.807, 2.05) is 18.2 Å². The first-order valence-corrected chi connectivity index (χ1v) is 8.64. The van der Waals surface area contributed by atoms with Gasteiger partial charge in [-0.2, -0.15) is 5.10 Å². The van der Waals surface area contributed by atoms with Gasteiger partial charge < -0.3 is 19.1 Å². The molecule has 0 N–H and O–H groups in total. The largest absolute Gasteiger partial charge is 0.496 e. The predicted molar refractivity (Wildman–Crippen MR) is 104 cm³/mol. The van der Waals surface area contributed by atoms with E-state index in [1.54, 1.807) is 27.5 Å². The lowest BCUT2D eigenvalue weighted by molar-refractivity contribution is 0.272. The molecule has 0 amide bonds. The molecule has 0 spiro atoms. The third kappa shape index (κ3) is 4.02. The van der Waals surface area contributed by atoms with E-state index in [1.165, 1.54) is 5.69 Å². The lowest BCUT2D eigenvalue weighted by atomic mass is 10.2. The van der Waals surface area contributed by atoms with E-state index in [-0.39, 0.29) is 0 Å². The summed E-state index contributed by atoms with van der Waals surface area (Å²) in [5, 5.41) is 6.71. The highest BCUT2D eigenvalue weighted by molar-refractivity contribution is 5.88. The Balaban J connectivity index is 1.69. The van der Waals surface area contributed by atoms with E-state index in [0.29, 0.717) is 17.2 Å². The second-order valence-electron chi connectivity index (χ2n) is 5.97. The first kappa shape index (κ1) is 17.9. The topological polar surface area (TPSA) is 46.5 Å². The molecule has 0 saturated carbocycles. The Bertz CT molecular complexity index is 716. The van der Waals surface area contributed by atoms with Gasteiger partial charge in [-0.1, -0.05) is 18.2 Å². The van der Waals surface area contributed by atoms with Crippen LogP contribution in [0.15, 0.2) is 47.6 Å². The first-order valence-electron chi connectivity index (χ1n) is 8.64. The van der Waals surface area contributed by atoms with Gasteiger partial charge in [0, 0.05) is 30.9 Å². The summed E-state index contributed by atoms with van der Waals surface area (Å²) in [7, 11) is 4.88. The van der Waals surface area contributed by atoms with Crippen molar-refractivity contribution >= 4 is 11.9 Å². The summed E-state index contributed by atoms with van der Waals surface area (Å²) in [5.74, 6) is 2.04. The smallest absolute Gasteiger partial charge is 0.135 e. The molecular weight excluding hydrogens is 330 g/mol. The fourth-order valence-corrected chi connectivity index (χ4v) is 3.01. The molecule has 26 heavy (non-hydrogen) atoms. The number of anilines is 1. The maximum absolute atomic E-state index is 5.47. The fourth-order valence-electron chi connectivity index (χ4n) is 3.01. The zero-order valence-electron chi connectivity index (χ0n) is 15.5. The molecule has 0 atom stereocenters. The third-order valence-corrected chi connectivity index (χ3v) is 4.48. The summed E-state index contributed by atoms with van der Waals surface area (Å²) < 4.78 is 16.2. The minimum absolute atomic E-state index is 0.674. The molecule has 6 heteroatoms. The highest BCUT2D eigenvalue weighted by Crippen LogP contribution is 2.32. The molecule has 1 aliphatic rings. The molecule has 138 valence electrons. The molecule has 1 fully saturated rings. The van der Waals surface area contributed by atoms with Crippen molar-refractivity contribution in [2.24, 2.45) is 5.10 Å². The minimum Gasteiger partial charge on any atom is -0.496 e. The van der Waals surface area contributed by atoms with Gasteiger partial charge in [0.1, 0.15) is 17.2 Å². The number of hydrazone groups is 1. The van der Waals surface area contributed by atoms with Crippen molar-refractivity contribution in [3.63, 3.8) is 0 Å². The van der Waals surface area contributed by atoms with Gasteiger partial charge in [0.15, 0.2) is 0 Å². The van der Waals surface area contributed by atoms with Gasteiger partial charge in [-0.25, -0.2) is 0 Å². The Morgan fingerprint density at radius 3 is 2.00 bits per heavy atom. The van der Waals surface area contributed by atoms with E-state index in [2.05, 4.69) is 39.3 Å². The van der Waals surface area contributed by atoms with Crippen LogP contribution < -0.4 is 19.1 Å². The second kappa shape index (κ2) is 8.47. The standard InChI is InChI=1S/C20H25N3O3/c1-24-17-13-19(25-2)18(20(14-17)26-3)15-21-23-11-9-22(10-12-23)16-7-5-4-6-8-16/h4-8,13-15H,9-12H2,1-3H3. The van der Waals surface area contributed by atoms with E-state index < -0.39 is 0 Å². The summed E-state index contributed by atoms with van der Waals surface area (Å²) >= 11 is 0. The zero-order valence-corrected chi connectivity index (χ0v) is 15.5. The number of piperazine rings is 1. The lowest BCUT2D eigenvalue weighted by Crippen LogP contribution is -2.44. The summed E-state index contributed by atoms with van der Waals surface area (Å²) in [4.78, 5) is 2.38. The zero-order chi connectivity index (χ0) is 18.4. The van der Waals surface area contributed by atoms with Crippen LogP contribution >= 0.6 is 0 Å². The van der Waals surface area contributed by atoms with Gasteiger partial charge in [-0.15, -0.1) is 0 Å².